The summed E-state index contributed by atoms with van der Waals surface area (Å²) in [6, 6.07) is 17.1. The lowest BCUT2D eigenvalue weighted by molar-refractivity contribution is -0.123. The number of carbonyl (C=O) groups is 2. The zero-order valence-electron chi connectivity index (χ0n) is 21.1. The Morgan fingerprint density at radius 2 is 1.78 bits per heavy atom. The van der Waals surface area contributed by atoms with Gasteiger partial charge in [0, 0.05) is 23.5 Å². The molecule has 3 aromatic rings. The van der Waals surface area contributed by atoms with Crippen LogP contribution in [0.1, 0.15) is 59.8 Å². The molecule has 7 heteroatoms. The third-order valence-electron chi connectivity index (χ3n) is 6.57. The minimum Gasteiger partial charge on any atom is -0.497 e. The second kappa shape index (κ2) is 11.7. The van der Waals surface area contributed by atoms with E-state index in [9.17, 15) is 9.59 Å². The van der Waals surface area contributed by atoms with Crippen molar-refractivity contribution in [2.75, 3.05) is 19.1 Å². The van der Waals surface area contributed by atoms with Crippen LogP contribution in [-0.4, -0.2) is 37.1 Å². The van der Waals surface area contributed by atoms with E-state index in [1.54, 1.807) is 56.8 Å². The van der Waals surface area contributed by atoms with Crippen LogP contribution in [0.5, 0.6) is 11.5 Å². The predicted molar refractivity (Wildman–Crippen MR) is 140 cm³/mol. The lowest BCUT2D eigenvalue weighted by Gasteiger charge is -2.34. The Bertz CT molecular complexity index is 1190. The van der Waals surface area contributed by atoms with Crippen molar-refractivity contribution in [3.8, 4) is 11.5 Å². The summed E-state index contributed by atoms with van der Waals surface area (Å²) < 4.78 is 11.2. The lowest BCUT2D eigenvalue weighted by Crippen LogP contribution is -2.47. The molecule has 1 atom stereocenters. The molecule has 0 unspecified atom stereocenters. The van der Waals surface area contributed by atoms with Crippen LogP contribution in [-0.2, 0) is 4.79 Å². The van der Waals surface area contributed by atoms with Crippen molar-refractivity contribution in [3.63, 3.8) is 0 Å². The van der Waals surface area contributed by atoms with Gasteiger partial charge < -0.3 is 14.8 Å². The van der Waals surface area contributed by atoms with Crippen LogP contribution < -0.4 is 19.7 Å². The topological polar surface area (TPSA) is 80.8 Å². The zero-order valence-corrected chi connectivity index (χ0v) is 21.1. The predicted octanol–water partition coefficient (Wildman–Crippen LogP) is 5.24. The first-order valence-corrected chi connectivity index (χ1v) is 12.4. The maximum atomic E-state index is 14.1. The van der Waals surface area contributed by atoms with E-state index in [0.717, 1.165) is 31.2 Å². The molecular formula is C29H33N3O4. The second-order valence-electron chi connectivity index (χ2n) is 9.08. The standard InChI is InChI=1S/C29H33N3O4/c1-20-10-9-13-22(18-20)32(29(34)25-14-7-8-17-30-25)27(28(33)31-21-11-5-4-6-12-21)24-19-23(35-2)15-16-26(24)36-3/h7-10,13-19,21,27H,4-6,11-12H2,1-3H3,(H,31,33)/t27-/m1/s1. The lowest BCUT2D eigenvalue weighted by atomic mass is 9.94. The molecule has 0 bridgehead atoms. The summed E-state index contributed by atoms with van der Waals surface area (Å²) >= 11 is 0. The van der Waals surface area contributed by atoms with E-state index in [4.69, 9.17) is 9.47 Å². The minimum atomic E-state index is -1.01. The SMILES string of the molecule is COc1ccc(OC)c([C@H](C(=O)NC2CCCCC2)N(C(=O)c2ccccn2)c2cccc(C)c2)c1. The Labute approximate surface area is 212 Å². The minimum absolute atomic E-state index is 0.0645. The fourth-order valence-electron chi connectivity index (χ4n) is 4.75. The molecule has 36 heavy (non-hydrogen) atoms. The van der Waals surface area contributed by atoms with Gasteiger partial charge in [-0.2, -0.15) is 0 Å². The van der Waals surface area contributed by atoms with Crippen LogP contribution in [0.15, 0.2) is 66.9 Å². The van der Waals surface area contributed by atoms with Gasteiger partial charge in [-0.1, -0.05) is 37.5 Å². The molecule has 1 heterocycles. The highest BCUT2D eigenvalue weighted by atomic mass is 16.5. The van der Waals surface area contributed by atoms with Crippen LogP contribution in [0.4, 0.5) is 5.69 Å². The summed E-state index contributed by atoms with van der Waals surface area (Å²) in [5, 5.41) is 3.23. The highest BCUT2D eigenvalue weighted by Gasteiger charge is 2.37. The molecule has 1 aromatic heterocycles. The van der Waals surface area contributed by atoms with Gasteiger partial charge >= 0.3 is 0 Å². The molecule has 188 valence electrons. The van der Waals surface area contributed by atoms with Crippen LogP contribution in [0.25, 0.3) is 0 Å². The average molecular weight is 488 g/mol. The van der Waals surface area contributed by atoms with Crippen molar-refractivity contribution in [3.05, 3.63) is 83.7 Å². The number of benzene rings is 2. The number of hydrogen-bond acceptors (Lipinski definition) is 5. The van der Waals surface area contributed by atoms with E-state index < -0.39 is 6.04 Å². The zero-order chi connectivity index (χ0) is 25.5. The average Bonchev–Trinajstić information content (AvgIpc) is 2.92. The number of pyridine rings is 1. The Morgan fingerprint density at radius 3 is 2.44 bits per heavy atom. The van der Waals surface area contributed by atoms with Gasteiger partial charge in [-0.3, -0.25) is 19.5 Å². The Hall–Kier alpha value is -3.87. The number of hydrogen-bond donors (Lipinski definition) is 1. The molecule has 1 saturated carbocycles. The summed E-state index contributed by atoms with van der Waals surface area (Å²) in [7, 11) is 3.12. The highest BCUT2D eigenvalue weighted by molar-refractivity contribution is 6.09. The molecule has 0 saturated heterocycles. The number of nitrogens with one attached hydrogen (secondary N) is 1. The number of nitrogens with zero attached hydrogens (tertiary/aromatic N) is 2. The van der Waals surface area contributed by atoms with E-state index in [0.29, 0.717) is 22.7 Å². The quantitative estimate of drug-likeness (QED) is 0.470. The monoisotopic (exact) mass is 487 g/mol. The number of carbonyl (C=O) groups excluding carboxylic acids is 2. The van der Waals surface area contributed by atoms with Gasteiger partial charge in [0.15, 0.2) is 0 Å². The van der Waals surface area contributed by atoms with Gasteiger partial charge in [0.05, 0.1) is 14.2 Å². The van der Waals surface area contributed by atoms with Gasteiger partial charge in [0.2, 0.25) is 5.91 Å². The van der Waals surface area contributed by atoms with Gasteiger partial charge in [0.25, 0.3) is 5.91 Å². The largest absolute Gasteiger partial charge is 0.497 e. The number of rotatable bonds is 8. The molecule has 0 spiro atoms. The first-order chi connectivity index (χ1) is 17.5. The van der Waals surface area contributed by atoms with E-state index in [-0.39, 0.29) is 23.6 Å². The third-order valence-corrected chi connectivity index (χ3v) is 6.57. The third kappa shape index (κ3) is 5.67. The molecule has 0 aliphatic heterocycles. The summed E-state index contributed by atoms with van der Waals surface area (Å²) in [5.41, 5.74) is 2.35. The fourth-order valence-corrected chi connectivity index (χ4v) is 4.75. The van der Waals surface area contributed by atoms with Crippen molar-refractivity contribution in [2.24, 2.45) is 0 Å². The fraction of sp³-hybridized carbons (Fsp3) is 0.345. The van der Waals surface area contributed by atoms with Gasteiger partial charge in [0.1, 0.15) is 23.2 Å². The highest BCUT2D eigenvalue weighted by Crippen LogP contribution is 2.37. The number of methoxy groups -OCH3 is 2. The number of aryl methyl sites for hydroxylation is 1. The molecule has 0 radical (unpaired) electrons. The summed E-state index contributed by atoms with van der Waals surface area (Å²) in [6.45, 7) is 1.95. The van der Waals surface area contributed by atoms with Gasteiger partial charge in [-0.05, 0) is 67.8 Å². The molecule has 1 fully saturated rings. The molecule has 7 nitrogen and oxygen atoms in total. The molecule has 1 aliphatic rings. The maximum Gasteiger partial charge on any atom is 0.277 e. The van der Waals surface area contributed by atoms with E-state index >= 15 is 0 Å². The number of ether oxygens (including phenoxy) is 2. The number of aromatic nitrogens is 1. The van der Waals surface area contributed by atoms with Crippen molar-refractivity contribution >= 4 is 17.5 Å². The van der Waals surface area contributed by atoms with Crippen LogP contribution in [0.3, 0.4) is 0 Å². The second-order valence-corrected chi connectivity index (χ2v) is 9.08. The summed E-state index contributed by atoms with van der Waals surface area (Å²) in [5.74, 6) is 0.413. The van der Waals surface area contributed by atoms with Gasteiger partial charge in [-0.15, -0.1) is 0 Å². The number of anilines is 1. The normalized spacial score (nSPS) is 14.5. The Balaban J connectivity index is 1.89. The van der Waals surface area contributed by atoms with E-state index in [1.807, 2.05) is 31.2 Å². The van der Waals surface area contributed by atoms with E-state index in [2.05, 4.69) is 10.3 Å². The van der Waals surface area contributed by atoms with E-state index in [1.165, 1.54) is 11.3 Å². The smallest absolute Gasteiger partial charge is 0.277 e. The first kappa shape index (κ1) is 25.2. The van der Waals surface area contributed by atoms with Crippen molar-refractivity contribution in [1.29, 1.82) is 0 Å². The van der Waals surface area contributed by atoms with Crippen LogP contribution in [0, 0.1) is 6.92 Å². The molecular weight excluding hydrogens is 454 g/mol. The molecule has 2 aromatic carbocycles. The van der Waals surface area contributed by atoms with Crippen LogP contribution in [0.2, 0.25) is 0 Å². The maximum absolute atomic E-state index is 14.1. The first-order valence-electron chi connectivity index (χ1n) is 12.4. The molecule has 4 rings (SSSR count). The van der Waals surface area contributed by atoms with Crippen molar-refractivity contribution < 1.29 is 19.1 Å². The molecule has 2 amide bonds. The van der Waals surface area contributed by atoms with Crippen molar-refractivity contribution in [1.82, 2.24) is 10.3 Å². The van der Waals surface area contributed by atoms with Gasteiger partial charge in [-0.25, -0.2) is 0 Å². The van der Waals surface area contributed by atoms with Crippen LogP contribution >= 0.6 is 0 Å². The summed E-state index contributed by atoms with van der Waals surface area (Å²) in [6.07, 6.45) is 6.75. The molecule has 1 N–H and O–H groups in total. The summed E-state index contributed by atoms with van der Waals surface area (Å²) in [4.78, 5) is 33.9. The Kier molecular flexibility index (Phi) is 8.21. The number of amides is 2. The molecule has 1 aliphatic carbocycles. The Morgan fingerprint density at radius 1 is 0.972 bits per heavy atom. The van der Waals surface area contributed by atoms with Crippen molar-refractivity contribution in [2.45, 2.75) is 51.1 Å².